The monoisotopic (exact) mass is 592 g/mol. The van der Waals surface area contributed by atoms with Crippen LogP contribution in [0.2, 0.25) is 0 Å². The highest BCUT2D eigenvalue weighted by Crippen LogP contribution is 2.38. The molecule has 6 rings (SSSR count). The average molecular weight is 593 g/mol. The van der Waals surface area contributed by atoms with Gasteiger partial charge in [-0.15, -0.1) is 0 Å². The maximum Gasteiger partial charge on any atom is 0.0583 e. The van der Waals surface area contributed by atoms with Crippen molar-refractivity contribution in [1.29, 1.82) is 0 Å². The van der Waals surface area contributed by atoms with Crippen LogP contribution in [0.15, 0.2) is 163 Å². The van der Waals surface area contributed by atoms with Gasteiger partial charge < -0.3 is 21.3 Å². The third-order valence-corrected chi connectivity index (χ3v) is 8.03. The van der Waals surface area contributed by atoms with E-state index in [1.54, 1.807) is 0 Å². The molecule has 3 aromatic rings. The third-order valence-electron chi connectivity index (χ3n) is 8.03. The smallest absolute Gasteiger partial charge is 0.0583 e. The highest BCUT2D eigenvalue weighted by Gasteiger charge is 2.21. The van der Waals surface area contributed by atoms with E-state index in [-0.39, 0.29) is 0 Å². The average Bonchev–Trinajstić information content (AvgIpc) is 3.10. The van der Waals surface area contributed by atoms with Gasteiger partial charge in [-0.05, 0) is 98.7 Å². The Hall–Kier alpha value is -5.22. The van der Waals surface area contributed by atoms with Crippen molar-refractivity contribution in [3.05, 3.63) is 174 Å². The van der Waals surface area contributed by atoms with E-state index in [9.17, 15) is 0 Å². The van der Waals surface area contributed by atoms with Gasteiger partial charge in [0, 0.05) is 40.6 Å². The van der Waals surface area contributed by atoms with Gasteiger partial charge in [-0.3, -0.25) is 0 Å². The van der Waals surface area contributed by atoms with E-state index in [1.807, 2.05) is 37.3 Å². The molecule has 3 aliphatic rings. The summed E-state index contributed by atoms with van der Waals surface area (Å²) in [6.07, 6.45) is 24.0. The van der Waals surface area contributed by atoms with Gasteiger partial charge in [0.25, 0.3) is 0 Å². The fourth-order valence-electron chi connectivity index (χ4n) is 5.51. The summed E-state index contributed by atoms with van der Waals surface area (Å²) in [5.74, 6) is 0. The van der Waals surface area contributed by atoms with Crippen molar-refractivity contribution in [2.45, 2.75) is 39.5 Å². The number of rotatable bonds is 7. The van der Waals surface area contributed by atoms with Crippen LogP contribution in [0.3, 0.4) is 0 Å². The Morgan fingerprint density at radius 2 is 1.60 bits per heavy atom. The van der Waals surface area contributed by atoms with E-state index < -0.39 is 0 Å². The van der Waals surface area contributed by atoms with Gasteiger partial charge in [0.15, 0.2) is 0 Å². The topological polar surface area (TPSA) is 53.3 Å². The van der Waals surface area contributed by atoms with Crippen LogP contribution in [-0.4, -0.2) is 6.54 Å². The first-order valence-electron chi connectivity index (χ1n) is 15.8. The summed E-state index contributed by atoms with van der Waals surface area (Å²) in [6.45, 7) is 9.37. The van der Waals surface area contributed by atoms with Crippen LogP contribution < -0.4 is 21.3 Å². The maximum atomic E-state index is 6.23. The standard InChI is InChI=1S/C28H29N3.C13H15N/c1-4-26(29)22-11-10-14-24(19-22)31-21(3)27(30-23-12-6-5-7-13-23)18-17-20(2)25-15-8-9-16-28(25)31;1-3-7-12(8-4-1)11-14-13-9-5-2-6-10-13/h4,6,8-19,30H,2,5,7,29H2,1,3H3;2-3,5-10,14H,1,4,11H2/b18-17-,26-4-,27-21+;. The zero-order chi connectivity index (χ0) is 31.4. The number of anilines is 3. The molecule has 4 nitrogen and oxygen atoms in total. The first-order chi connectivity index (χ1) is 22.0. The van der Waals surface area contributed by atoms with Crippen LogP contribution in [-0.2, 0) is 0 Å². The van der Waals surface area contributed by atoms with Gasteiger partial charge in [0.2, 0.25) is 0 Å². The van der Waals surface area contributed by atoms with Crippen molar-refractivity contribution in [3.8, 4) is 0 Å². The van der Waals surface area contributed by atoms with E-state index in [2.05, 4.69) is 132 Å². The zero-order valence-electron chi connectivity index (χ0n) is 26.5. The summed E-state index contributed by atoms with van der Waals surface area (Å²) >= 11 is 0. The molecule has 1 aliphatic heterocycles. The summed E-state index contributed by atoms with van der Waals surface area (Å²) in [7, 11) is 0. The molecule has 1 heterocycles. The van der Waals surface area contributed by atoms with E-state index in [0.29, 0.717) is 0 Å². The van der Waals surface area contributed by atoms with Crippen molar-refractivity contribution >= 4 is 28.3 Å². The minimum Gasteiger partial charge on any atom is -0.399 e. The molecular weight excluding hydrogens is 548 g/mol. The molecule has 0 radical (unpaired) electrons. The van der Waals surface area contributed by atoms with Crippen LogP contribution in [0.25, 0.3) is 11.3 Å². The fraction of sp³-hybridized carbons (Fsp3) is 0.171. The Labute approximate surface area is 269 Å². The maximum absolute atomic E-state index is 6.23. The van der Waals surface area contributed by atoms with E-state index in [4.69, 9.17) is 5.73 Å². The number of benzene rings is 3. The van der Waals surface area contributed by atoms with E-state index in [0.717, 1.165) is 70.2 Å². The largest absolute Gasteiger partial charge is 0.399 e. The molecule has 0 aromatic heterocycles. The summed E-state index contributed by atoms with van der Waals surface area (Å²) in [4.78, 5) is 2.28. The molecule has 0 atom stereocenters. The van der Waals surface area contributed by atoms with Gasteiger partial charge in [-0.1, -0.05) is 97.6 Å². The lowest BCUT2D eigenvalue weighted by atomic mass is 9.99. The lowest BCUT2D eigenvalue weighted by Crippen LogP contribution is -2.23. The van der Waals surface area contributed by atoms with Crippen LogP contribution in [0, 0.1) is 0 Å². The minimum absolute atomic E-state index is 0.768. The summed E-state index contributed by atoms with van der Waals surface area (Å²) in [6, 6.07) is 27.1. The van der Waals surface area contributed by atoms with Crippen molar-refractivity contribution in [2.75, 3.05) is 16.8 Å². The first kappa shape index (κ1) is 31.2. The van der Waals surface area contributed by atoms with Crippen LogP contribution in [0.5, 0.6) is 0 Å². The van der Waals surface area contributed by atoms with Gasteiger partial charge in [-0.25, -0.2) is 0 Å². The van der Waals surface area contributed by atoms with Crippen LogP contribution in [0.1, 0.15) is 50.7 Å². The quantitative estimate of drug-likeness (QED) is 0.256. The molecule has 0 bridgehead atoms. The van der Waals surface area contributed by atoms with Gasteiger partial charge in [-0.2, -0.15) is 0 Å². The molecular formula is C41H44N4. The lowest BCUT2D eigenvalue weighted by molar-refractivity contribution is 0.927. The Balaban J connectivity index is 0.000000238. The number of nitrogens with two attached hydrogens (primary N) is 1. The van der Waals surface area contributed by atoms with Gasteiger partial charge in [0.05, 0.1) is 11.4 Å². The molecule has 0 unspecified atom stereocenters. The second-order valence-electron chi connectivity index (χ2n) is 11.2. The number of hydrogen-bond donors (Lipinski definition) is 3. The second kappa shape index (κ2) is 15.5. The van der Waals surface area contributed by atoms with Gasteiger partial charge in [0.1, 0.15) is 0 Å². The van der Waals surface area contributed by atoms with E-state index >= 15 is 0 Å². The lowest BCUT2D eigenvalue weighted by Gasteiger charge is -2.32. The van der Waals surface area contributed by atoms with Crippen LogP contribution >= 0.6 is 0 Å². The number of hydrogen-bond acceptors (Lipinski definition) is 4. The third kappa shape index (κ3) is 8.24. The molecule has 45 heavy (non-hydrogen) atoms. The molecule has 3 aromatic carbocycles. The number of allylic oxidation sites excluding steroid dienone is 10. The molecule has 4 heteroatoms. The normalized spacial score (nSPS) is 18.4. The molecule has 4 N–H and O–H groups in total. The predicted molar refractivity (Wildman–Crippen MR) is 195 cm³/mol. The minimum atomic E-state index is 0.768. The molecule has 0 spiro atoms. The summed E-state index contributed by atoms with van der Waals surface area (Å²) < 4.78 is 0. The van der Waals surface area contributed by atoms with E-state index in [1.165, 1.54) is 24.1 Å². The van der Waals surface area contributed by atoms with Crippen molar-refractivity contribution < 1.29 is 0 Å². The Kier molecular flexibility index (Phi) is 10.7. The van der Waals surface area contributed by atoms with Crippen molar-refractivity contribution in [3.63, 3.8) is 0 Å². The Morgan fingerprint density at radius 3 is 2.33 bits per heavy atom. The van der Waals surface area contributed by atoms with Crippen molar-refractivity contribution in [2.24, 2.45) is 5.73 Å². The Bertz CT molecular complexity index is 1710. The molecule has 0 saturated carbocycles. The number of nitrogens with one attached hydrogen (secondary N) is 2. The molecule has 228 valence electrons. The summed E-state index contributed by atoms with van der Waals surface area (Å²) in [5.41, 5.74) is 18.1. The predicted octanol–water partition coefficient (Wildman–Crippen LogP) is 10.2. The second-order valence-corrected chi connectivity index (χ2v) is 11.2. The van der Waals surface area contributed by atoms with Crippen LogP contribution in [0.4, 0.5) is 17.1 Å². The number of para-hydroxylation sites is 2. The van der Waals surface area contributed by atoms with Crippen molar-refractivity contribution in [1.82, 2.24) is 5.32 Å². The Morgan fingerprint density at radius 1 is 0.844 bits per heavy atom. The molecule has 2 aliphatic carbocycles. The molecule has 0 fully saturated rings. The molecule has 0 saturated heterocycles. The number of nitrogens with zero attached hydrogens (tertiary/aromatic N) is 1. The molecule has 0 amide bonds. The summed E-state index contributed by atoms with van der Waals surface area (Å²) in [5, 5.41) is 7.02. The highest BCUT2D eigenvalue weighted by molar-refractivity contribution is 5.87. The highest BCUT2D eigenvalue weighted by atomic mass is 15.2. The van der Waals surface area contributed by atoms with Gasteiger partial charge >= 0.3 is 0 Å². The fourth-order valence-corrected chi connectivity index (χ4v) is 5.51. The first-order valence-corrected chi connectivity index (χ1v) is 15.8. The SMILES string of the molecule is C1=CC(CNc2ccccc2)=CCC1.C=C1/C=C\C(NC2=CCCC=C2)=C(\C)N(c2cccc(/C(N)=C/C)c2)c2ccccc21. The number of fused-ring (bicyclic) bond motifs is 1. The zero-order valence-corrected chi connectivity index (χ0v) is 26.5.